The van der Waals surface area contributed by atoms with Gasteiger partial charge in [-0.15, -0.1) is 0 Å². The van der Waals surface area contributed by atoms with Crippen LogP contribution in [0.15, 0.2) is 24.3 Å². The lowest BCUT2D eigenvalue weighted by Gasteiger charge is -2.23. The molecular formula is C13H19NOS. The van der Waals surface area contributed by atoms with Crippen LogP contribution in [0.3, 0.4) is 0 Å². The van der Waals surface area contributed by atoms with E-state index in [4.69, 9.17) is 5.11 Å². The smallest absolute Gasteiger partial charge is 0.0681 e. The number of aliphatic hydroxyl groups excluding tert-OH is 1. The van der Waals surface area contributed by atoms with Crippen LogP contribution in [0.25, 0.3) is 0 Å². The summed E-state index contributed by atoms with van der Waals surface area (Å²) >= 11 is 2.05. The van der Waals surface area contributed by atoms with Crippen LogP contribution in [0.4, 0.5) is 0 Å². The van der Waals surface area contributed by atoms with Gasteiger partial charge in [0.05, 0.1) is 6.61 Å². The van der Waals surface area contributed by atoms with Gasteiger partial charge in [0.25, 0.3) is 0 Å². The largest absolute Gasteiger partial charge is 0.392 e. The number of benzene rings is 1. The zero-order valence-electron chi connectivity index (χ0n) is 9.72. The number of thioether (sulfide) groups is 1. The Labute approximate surface area is 102 Å². The van der Waals surface area contributed by atoms with Crippen LogP contribution in [0.1, 0.15) is 17.5 Å². The summed E-state index contributed by atoms with van der Waals surface area (Å²) in [7, 11) is 2.20. The molecule has 0 aliphatic carbocycles. The van der Waals surface area contributed by atoms with Gasteiger partial charge in [-0.2, -0.15) is 11.8 Å². The Morgan fingerprint density at radius 3 is 2.56 bits per heavy atom. The summed E-state index contributed by atoms with van der Waals surface area (Å²) in [6.07, 6.45) is 1.32. The maximum Gasteiger partial charge on any atom is 0.0681 e. The molecule has 0 aromatic heterocycles. The third kappa shape index (κ3) is 3.00. The maximum absolute atomic E-state index is 8.97. The second-order valence-electron chi connectivity index (χ2n) is 4.41. The van der Waals surface area contributed by atoms with Crippen molar-refractivity contribution in [1.29, 1.82) is 0 Å². The summed E-state index contributed by atoms with van der Waals surface area (Å²) in [5.41, 5.74) is 2.32. The van der Waals surface area contributed by atoms with Gasteiger partial charge in [-0.1, -0.05) is 24.3 Å². The molecule has 1 aliphatic rings. The van der Waals surface area contributed by atoms with Crippen molar-refractivity contribution in [2.45, 2.75) is 25.6 Å². The number of hydrogen-bond acceptors (Lipinski definition) is 3. The van der Waals surface area contributed by atoms with E-state index in [1.54, 1.807) is 0 Å². The van der Waals surface area contributed by atoms with Gasteiger partial charge in [0.2, 0.25) is 0 Å². The summed E-state index contributed by atoms with van der Waals surface area (Å²) in [4.78, 5) is 2.44. The summed E-state index contributed by atoms with van der Waals surface area (Å²) in [5, 5.41) is 8.97. The average molecular weight is 237 g/mol. The van der Waals surface area contributed by atoms with E-state index in [0.717, 1.165) is 18.2 Å². The van der Waals surface area contributed by atoms with Crippen molar-refractivity contribution >= 4 is 11.8 Å². The molecule has 1 saturated heterocycles. The normalized spacial score (nSPS) is 20.6. The Hall–Kier alpha value is -0.510. The van der Waals surface area contributed by atoms with E-state index in [-0.39, 0.29) is 6.61 Å². The highest BCUT2D eigenvalue weighted by atomic mass is 32.2. The number of hydrogen-bond donors (Lipinski definition) is 1. The van der Waals surface area contributed by atoms with E-state index in [2.05, 4.69) is 35.8 Å². The highest BCUT2D eigenvalue weighted by molar-refractivity contribution is 7.99. The highest BCUT2D eigenvalue weighted by Crippen LogP contribution is 2.22. The Morgan fingerprint density at radius 1 is 1.31 bits per heavy atom. The van der Waals surface area contributed by atoms with Crippen molar-refractivity contribution in [2.24, 2.45) is 0 Å². The molecule has 3 heteroatoms. The van der Waals surface area contributed by atoms with Gasteiger partial charge in [0.15, 0.2) is 0 Å². The van der Waals surface area contributed by atoms with E-state index in [0.29, 0.717) is 0 Å². The standard InChI is InChI=1S/C13H19NOS/c1-14(13-6-7-16-10-13)8-11-2-4-12(9-15)5-3-11/h2-5,13,15H,6-10H2,1H3. The first kappa shape index (κ1) is 12.0. The predicted molar refractivity (Wildman–Crippen MR) is 69.6 cm³/mol. The number of nitrogens with zero attached hydrogens (tertiary/aromatic N) is 1. The Bertz CT molecular complexity index is 319. The molecule has 0 spiro atoms. The molecule has 2 nitrogen and oxygen atoms in total. The zero-order chi connectivity index (χ0) is 11.4. The van der Waals surface area contributed by atoms with Gasteiger partial charge in [0, 0.05) is 18.3 Å². The van der Waals surface area contributed by atoms with Crippen LogP contribution < -0.4 is 0 Å². The van der Waals surface area contributed by atoms with Crippen molar-refractivity contribution < 1.29 is 5.11 Å². The highest BCUT2D eigenvalue weighted by Gasteiger charge is 2.19. The molecule has 0 bridgehead atoms. The molecule has 1 aliphatic heterocycles. The molecule has 0 amide bonds. The molecule has 0 radical (unpaired) electrons. The molecule has 1 fully saturated rings. The van der Waals surface area contributed by atoms with Crippen molar-refractivity contribution in [2.75, 3.05) is 18.6 Å². The van der Waals surface area contributed by atoms with Gasteiger partial charge >= 0.3 is 0 Å². The van der Waals surface area contributed by atoms with Crippen LogP contribution in [0.5, 0.6) is 0 Å². The molecule has 1 aromatic rings. The molecule has 1 aromatic carbocycles. The van der Waals surface area contributed by atoms with Crippen LogP contribution in [-0.2, 0) is 13.2 Å². The third-order valence-corrected chi connectivity index (χ3v) is 4.31. The minimum absolute atomic E-state index is 0.134. The van der Waals surface area contributed by atoms with Crippen molar-refractivity contribution in [3.63, 3.8) is 0 Å². The molecule has 1 atom stereocenters. The molecule has 1 heterocycles. The molecule has 88 valence electrons. The molecule has 1 N–H and O–H groups in total. The van der Waals surface area contributed by atoms with E-state index in [9.17, 15) is 0 Å². The van der Waals surface area contributed by atoms with E-state index >= 15 is 0 Å². The van der Waals surface area contributed by atoms with Crippen LogP contribution in [0.2, 0.25) is 0 Å². The number of rotatable bonds is 4. The lowest BCUT2D eigenvalue weighted by molar-refractivity contribution is 0.254. The zero-order valence-corrected chi connectivity index (χ0v) is 10.5. The first-order valence-electron chi connectivity index (χ1n) is 5.76. The second kappa shape index (κ2) is 5.71. The summed E-state index contributed by atoms with van der Waals surface area (Å²) in [6, 6.07) is 8.98. The Morgan fingerprint density at radius 2 is 2.00 bits per heavy atom. The van der Waals surface area contributed by atoms with Crippen LogP contribution in [0, 0.1) is 0 Å². The summed E-state index contributed by atoms with van der Waals surface area (Å²) in [6.45, 7) is 1.15. The van der Waals surface area contributed by atoms with E-state index in [1.165, 1.54) is 23.5 Å². The van der Waals surface area contributed by atoms with Crippen molar-refractivity contribution in [1.82, 2.24) is 4.90 Å². The lowest BCUT2D eigenvalue weighted by Crippen LogP contribution is -2.30. The van der Waals surface area contributed by atoms with E-state index in [1.807, 2.05) is 12.1 Å². The van der Waals surface area contributed by atoms with Gasteiger partial charge < -0.3 is 5.11 Å². The summed E-state index contributed by atoms with van der Waals surface area (Å²) < 4.78 is 0. The van der Waals surface area contributed by atoms with Gasteiger partial charge in [-0.05, 0) is 30.3 Å². The average Bonchev–Trinajstić information content (AvgIpc) is 2.83. The quantitative estimate of drug-likeness (QED) is 0.867. The van der Waals surface area contributed by atoms with Crippen molar-refractivity contribution in [3.05, 3.63) is 35.4 Å². The minimum Gasteiger partial charge on any atom is -0.392 e. The Balaban J connectivity index is 1.92. The molecule has 0 saturated carbocycles. The minimum atomic E-state index is 0.134. The van der Waals surface area contributed by atoms with Crippen LogP contribution >= 0.6 is 11.8 Å². The molecule has 16 heavy (non-hydrogen) atoms. The monoisotopic (exact) mass is 237 g/mol. The lowest BCUT2D eigenvalue weighted by atomic mass is 10.1. The molecule has 2 rings (SSSR count). The van der Waals surface area contributed by atoms with Crippen molar-refractivity contribution in [3.8, 4) is 0 Å². The second-order valence-corrected chi connectivity index (χ2v) is 5.56. The fourth-order valence-electron chi connectivity index (χ4n) is 2.04. The van der Waals surface area contributed by atoms with Crippen LogP contribution in [-0.4, -0.2) is 34.6 Å². The predicted octanol–water partition coefficient (Wildman–Crippen LogP) is 2.12. The SMILES string of the molecule is CN(Cc1ccc(CO)cc1)C1CCSC1. The molecule has 1 unspecified atom stereocenters. The summed E-state index contributed by atoms with van der Waals surface area (Å²) in [5.74, 6) is 2.57. The van der Waals surface area contributed by atoms with Gasteiger partial charge in [0.1, 0.15) is 0 Å². The first-order valence-corrected chi connectivity index (χ1v) is 6.91. The topological polar surface area (TPSA) is 23.5 Å². The first-order chi connectivity index (χ1) is 7.79. The molecular weight excluding hydrogens is 218 g/mol. The van der Waals surface area contributed by atoms with E-state index < -0.39 is 0 Å². The third-order valence-electron chi connectivity index (χ3n) is 3.17. The van der Waals surface area contributed by atoms with Gasteiger partial charge in [-0.25, -0.2) is 0 Å². The Kier molecular flexibility index (Phi) is 4.27. The fourth-order valence-corrected chi connectivity index (χ4v) is 3.34. The van der Waals surface area contributed by atoms with Gasteiger partial charge in [-0.3, -0.25) is 4.90 Å². The fraction of sp³-hybridized carbons (Fsp3) is 0.538. The number of aliphatic hydroxyl groups is 1. The maximum atomic E-state index is 8.97.